The molecule has 4 aromatic heterocycles. The number of pyridine rings is 2. The summed E-state index contributed by atoms with van der Waals surface area (Å²) in [4.78, 5) is 81.2. The van der Waals surface area contributed by atoms with Gasteiger partial charge < -0.3 is 33.9 Å². The minimum atomic E-state index is -1.06. The molecule has 2 unspecified atom stereocenters. The number of hydrogen-bond acceptors (Lipinski definition) is 13. The monoisotopic (exact) mass is 1510 g/mol. The first-order valence-corrected chi connectivity index (χ1v) is 36.3. The molecule has 8 aromatic rings. The van der Waals surface area contributed by atoms with E-state index in [1.54, 1.807) is 31.9 Å². The van der Waals surface area contributed by atoms with Gasteiger partial charge in [-0.15, -0.1) is 0 Å². The molecule has 2 N–H and O–H groups in total. The highest BCUT2D eigenvalue weighted by Crippen LogP contribution is 2.41. The van der Waals surface area contributed by atoms with Gasteiger partial charge in [0.25, 0.3) is 0 Å². The Balaban J connectivity index is 0.000000181. The molecule has 99 heavy (non-hydrogen) atoms. The standard InChI is InChI=1S/C38H44BrClN6O3.C24H27BrClN3O4.C14H19N3/c1-26-22-43(25-42-26)15-8-16-45(23-27-9-6-5-7-10-27)36(47)33-24-44(17-18-46(33)37(48)49-38(2,3)4)35-32-14-13-31(40)20-28(32)11-12-29-19-30(39)21-41-34(29)35;1-24(2,3)33-23(32)29-9-8-28(13-19(29)22(30)31)21-18-7-6-17(26)11-14(18)4-5-15-10-16(25)12-27-20(15)21;1-13-11-17(12-16-13)9-5-8-15-10-14-6-3-2-4-7-14/h5-7,9-10,13-14,19-22,25,33,35H,8,11-12,15-18,23-24H2,1-4H3;6-7,10-12,19,21H,4-5,8-9,13H2,1-3H3,(H,30,31);2-4,6-7,11-12,15H,5,8-10H2,1H3/t33-,35?;19-,21?;/m11./s1. The van der Waals surface area contributed by atoms with E-state index in [2.05, 4.69) is 115 Å². The Morgan fingerprint density at radius 1 is 0.586 bits per heavy atom. The number of nitrogens with one attached hydrogen (secondary N) is 1. The van der Waals surface area contributed by atoms with Crippen molar-refractivity contribution in [2.45, 2.75) is 155 Å². The summed E-state index contributed by atoms with van der Waals surface area (Å²) in [5.41, 5.74) is 11.7. The first kappa shape index (κ1) is 74.2. The van der Waals surface area contributed by atoms with E-state index in [0.29, 0.717) is 49.3 Å². The number of aryl methyl sites for hydroxylation is 8. The lowest BCUT2D eigenvalue weighted by molar-refractivity contribution is -0.146. The number of aromatic nitrogens is 6. The summed E-state index contributed by atoms with van der Waals surface area (Å²) >= 11 is 19.9. The van der Waals surface area contributed by atoms with Crippen molar-refractivity contribution in [1.29, 1.82) is 0 Å². The predicted molar refractivity (Wildman–Crippen MR) is 393 cm³/mol. The van der Waals surface area contributed by atoms with E-state index in [1.807, 2.05) is 131 Å². The molecule has 0 radical (unpaired) electrons. The molecule has 0 spiro atoms. The summed E-state index contributed by atoms with van der Waals surface area (Å²) in [5.74, 6) is -1.16. The van der Waals surface area contributed by atoms with Gasteiger partial charge in [0.05, 0.1) is 47.5 Å². The van der Waals surface area contributed by atoms with Gasteiger partial charge in [-0.05, 0) is 213 Å². The highest BCUT2D eigenvalue weighted by Gasteiger charge is 2.45. The van der Waals surface area contributed by atoms with Crippen molar-refractivity contribution in [3.05, 3.63) is 233 Å². The highest BCUT2D eigenvalue weighted by atomic mass is 79.9. The largest absolute Gasteiger partial charge is 0.480 e. The smallest absolute Gasteiger partial charge is 0.411 e. The maximum absolute atomic E-state index is 14.9. The zero-order valence-corrected chi connectivity index (χ0v) is 62.4. The zero-order valence-electron chi connectivity index (χ0n) is 57.7. The lowest BCUT2D eigenvalue weighted by Crippen LogP contribution is -2.62. The van der Waals surface area contributed by atoms with E-state index in [9.17, 15) is 24.3 Å². The number of carbonyl (C=O) groups is 4. The van der Waals surface area contributed by atoms with Crippen molar-refractivity contribution >= 4 is 79.1 Å². The molecule has 19 nitrogen and oxygen atoms in total. The average molecular weight is 1510 g/mol. The molecular formula is C76H90Br2Cl2N12O7. The molecule has 0 bridgehead atoms. The van der Waals surface area contributed by atoms with Gasteiger partial charge >= 0.3 is 18.2 Å². The van der Waals surface area contributed by atoms with E-state index < -0.39 is 41.4 Å². The van der Waals surface area contributed by atoms with E-state index in [1.165, 1.54) is 16.0 Å². The van der Waals surface area contributed by atoms with Gasteiger partial charge in [-0.3, -0.25) is 34.4 Å². The van der Waals surface area contributed by atoms with Gasteiger partial charge in [0.2, 0.25) is 5.91 Å². The SMILES string of the molecule is CC(C)(C)OC(=O)N1CCN(C2c3ccc(Cl)cc3CCc3cc(Br)cnc32)C[C@@H]1C(=O)O.Cc1cn(CCCN(Cc2ccccc2)C(=O)[C@H]2CN(C3c4ccc(Cl)cc4CCc4cc(Br)cnc43)CCN2C(=O)OC(C)(C)C)cn1.Cc1cn(CCCNCc2ccccc2)cn1. The number of hydrogen-bond donors (Lipinski definition) is 2. The normalized spacial score (nSPS) is 17.7. The molecule has 12 rings (SSSR count). The zero-order chi connectivity index (χ0) is 70.5. The first-order chi connectivity index (χ1) is 47.3. The number of piperazine rings is 2. The summed E-state index contributed by atoms with van der Waals surface area (Å²) in [5, 5.41) is 14.8. The second-order valence-electron chi connectivity index (χ2n) is 27.7. The Bertz CT molecular complexity index is 3960. The second kappa shape index (κ2) is 33.8. The summed E-state index contributed by atoms with van der Waals surface area (Å²) < 4.78 is 17.4. The van der Waals surface area contributed by atoms with Gasteiger partial charge in [-0.25, -0.2) is 24.4 Å². The van der Waals surface area contributed by atoms with Crippen molar-refractivity contribution in [2.75, 3.05) is 52.4 Å². The number of carbonyl (C=O) groups excluding carboxylic acids is 3. The Morgan fingerprint density at radius 2 is 1.04 bits per heavy atom. The maximum Gasteiger partial charge on any atom is 0.411 e. The van der Waals surface area contributed by atoms with Gasteiger partial charge in [0.15, 0.2) is 0 Å². The number of halogens is 4. The third-order valence-electron chi connectivity index (χ3n) is 17.8. The van der Waals surface area contributed by atoms with Crippen molar-refractivity contribution < 1.29 is 33.8 Å². The number of benzene rings is 4. The molecule has 2 aliphatic heterocycles. The summed E-state index contributed by atoms with van der Waals surface area (Å²) in [7, 11) is 0. The molecule has 23 heteroatoms. The third-order valence-corrected chi connectivity index (χ3v) is 19.1. The van der Waals surface area contributed by atoms with Gasteiger partial charge in [-0.2, -0.15) is 0 Å². The van der Waals surface area contributed by atoms with Crippen LogP contribution in [-0.4, -0.2) is 158 Å². The topological polar surface area (TPSA) is 197 Å². The van der Waals surface area contributed by atoms with Gasteiger partial charge in [0, 0.05) is 116 Å². The highest BCUT2D eigenvalue weighted by molar-refractivity contribution is 9.10. The fourth-order valence-electron chi connectivity index (χ4n) is 13.3. The average Bonchev–Trinajstić information content (AvgIpc) is 1.75. The minimum Gasteiger partial charge on any atom is -0.480 e. The van der Waals surface area contributed by atoms with Crippen LogP contribution in [0.15, 0.2) is 156 Å². The Kier molecular flexibility index (Phi) is 25.3. The van der Waals surface area contributed by atoms with Crippen molar-refractivity contribution in [3.63, 3.8) is 0 Å². The molecule has 4 atom stereocenters. The number of carboxylic acids is 1. The summed E-state index contributed by atoms with van der Waals surface area (Å²) in [6, 6.07) is 34.4. The fourth-order valence-corrected chi connectivity index (χ4v) is 14.4. The number of aliphatic carboxylic acids is 1. The molecule has 524 valence electrons. The van der Waals surface area contributed by atoms with E-state index in [4.69, 9.17) is 42.6 Å². The van der Waals surface area contributed by atoms with E-state index >= 15 is 0 Å². The molecule has 0 saturated carbocycles. The van der Waals surface area contributed by atoms with Crippen LogP contribution in [0.3, 0.4) is 0 Å². The molecule has 2 aliphatic carbocycles. The second-order valence-corrected chi connectivity index (χ2v) is 30.4. The van der Waals surface area contributed by atoms with Crippen molar-refractivity contribution in [3.8, 4) is 0 Å². The van der Waals surface area contributed by atoms with E-state index in [-0.39, 0.29) is 31.1 Å². The number of fused-ring (bicyclic) bond motifs is 4. The van der Waals surface area contributed by atoms with Crippen molar-refractivity contribution in [2.24, 2.45) is 0 Å². The number of rotatable bonds is 16. The van der Waals surface area contributed by atoms with Crippen LogP contribution in [0, 0.1) is 13.8 Å². The van der Waals surface area contributed by atoms with E-state index in [0.717, 1.165) is 130 Å². The molecule has 4 aromatic carbocycles. The first-order valence-electron chi connectivity index (χ1n) is 33.9. The molecule has 2 saturated heterocycles. The summed E-state index contributed by atoms with van der Waals surface area (Å²) in [6.07, 6.45) is 15.5. The van der Waals surface area contributed by atoms with Gasteiger partial charge in [-0.1, -0.05) is 96.0 Å². The fraction of sp³-hybridized carbons (Fsp3) is 0.421. The Labute approximate surface area is 608 Å². The van der Waals surface area contributed by atoms with Crippen LogP contribution in [-0.2, 0) is 70.9 Å². The van der Waals surface area contributed by atoms with Crippen LogP contribution in [0.5, 0.6) is 0 Å². The van der Waals surface area contributed by atoms with Gasteiger partial charge in [0.1, 0.15) is 23.3 Å². The van der Waals surface area contributed by atoms with Crippen LogP contribution in [0.4, 0.5) is 9.59 Å². The molecule has 3 amide bonds. The minimum absolute atomic E-state index is 0.102. The summed E-state index contributed by atoms with van der Waals surface area (Å²) in [6.45, 7) is 21.7. The lowest BCUT2D eigenvalue weighted by Gasteiger charge is -2.45. The number of imidazole rings is 2. The Hall–Kier alpha value is -7.50. The Morgan fingerprint density at radius 3 is 1.51 bits per heavy atom. The third kappa shape index (κ3) is 20.4. The number of ether oxygens (including phenoxy) is 2. The number of nitrogens with zero attached hydrogens (tertiary/aromatic N) is 11. The van der Waals surface area contributed by atoms with Crippen LogP contribution in [0.2, 0.25) is 10.0 Å². The number of amides is 3. The number of carboxylic acid groups (broad SMARTS) is 1. The molecule has 4 aliphatic rings. The molecular weight excluding hydrogens is 1420 g/mol. The van der Waals surface area contributed by atoms with Crippen LogP contribution >= 0.6 is 55.1 Å². The molecule has 2 fully saturated rings. The maximum atomic E-state index is 14.9. The molecule has 6 heterocycles. The van der Waals surface area contributed by atoms with Crippen LogP contribution < -0.4 is 5.32 Å². The predicted octanol–water partition coefficient (Wildman–Crippen LogP) is 14.3. The lowest BCUT2D eigenvalue weighted by atomic mass is 9.95. The quantitative estimate of drug-likeness (QED) is 0.0867. The van der Waals surface area contributed by atoms with Crippen molar-refractivity contribution in [1.82, 2.24) is 58.9 Å². The van der Waals surface area contributed by atoms with Crippen LogP contribution in [0.1, 0.15) is 134 Å². The van der Waals surface area contributed by atoms with Crippen LogP contribution in [0.25, 0.3) is 0 Å².